The number of nitrogens with two attached hydrogens (primary N) is 1. The molecule has 4 rings (SSSR count). The molecular weight excluding hydrogens is 1260 g/mol. The average molecular weight is 1370 g/mol. The van der Waals surface area contributed by atoms with Gasteiger partial charge in [0.15, 0.2) is 0 Å². The van der Waals surface area contributed by atoms with Crippen molar-refractivity contribution in [2.24, 2.45) is 29.4 Å². The van der Waals surface area contributed by atoms with Gasteiger partial charge in [-0.1, -0.05) is 122 Å². The Morgan fingerprint density at radius 2 is 1.37 bits per heavy atom. The van der Waals surface area contributed by atoms with Crippen LogP contribution < -0.4 is 43.0 Å². The highest BCUT2D eigenvalue weighted by Gasteiger charge is 2.43. The van der Waals surface area contributed by atoms with E-state index in [1.165, 1.54) is 31.5 Å². The number of nitrogens with one attached hydrogen (secondary N) is 7. The summed E-state index contributed by atoms with van der Waals surface area (Å²) in [5.74, 6) is 0.875. The molecule has 0 saturated carbocycles. The number of carbonyl (C=O) groups is 9. The van der Waals surface area contributed by atoms with Gasteiger partial charge in [-0.2, -0.15) is 0 Å². The van der Waals surface area contributed by atoms with Crippen LogP contribution in [0.4, 0.5) is 10.5 Å². The Labute approximate surface area is 573 Å². The number of amides is 10. The molecule has 0 unspecified atom stereocenters. The van der Waals surface area contributed by atoms with Gasteiger partial charge >= 0.3 is 6.03 Å². The standard InChI is InChI=1S/C70H105N13O13S/c1-16-46(8)61(82(12)68(91)59(44(4)5)80-67(90)60(45(6)7)81(10)11)55(95-13)39-57(85)83-37-25-30-54(83)62(96-14)47(9)63(86)78-53(38-48-26-19-17-20-27-48)64(87)73-40-49-32-34-51(35-33-49)76-65(88)52(29-23-24-36-72-69(71)92)77-66(89)58(43(2)3)79-56(84)31-22-18-21-28-50-41-74-70(75-42-50)97(15,93)94/h17,19-20,26-27,32-35,41-45,47,52-55,58-62H,8,16,18,22-25,29-31,36-40H2,1-7,9-15H3,(H,73,87)(H,76,88)(H,77,89)(H,78,86)(H,79,84)(H,80,90)(H3,71,72,92)/t47-,52+,53+,54+,55-,58+,59+,60+,61+,62-/m1/s1. The number of nitrogens with zero attached hydrogens (tertiary/aromatic N) is 5. The van der Waals surface area contributed by atoms with Crippen molar-refractivity contribution in [3.63, 3.8) is 0 Å². The van der Waals surface area contributed by atoms with E-state index in [-0.39, 0.29) is 79.4 Å². The number of aromatic nitrogens is 2. The summed E-state index contributed by atoms with van der Waals surface area (Å²) in [6.07, 6.45) is 5.37. The smallest absolute Gasteiger partial charge is 0.312 e. The van der Waals surface area contributed by atoms with Crippen LogP contribution >= 0.6 is 0 Å². The number of sulfone groups is 1. The predicted octanol–water partition coefficient (Wildman–Crippen LogP) is 4.42. The monoisotopic (exact) mass is 1370 g/mol. The fraction of sp³-hybridized carbons (Fsp3) is 0.586. The fourth-order valence-corrected chi connectivity index (χ4v) is 12.3. The molecule has 0 spiro atoms. The third-order valence-electron chi connectivity index (χ3n) is 17.2. The first-order valence-electron chi connectivity index (χ1n) is 33.3. The highest BCUT2D eigenvalue weighted by Crippen LogP contribution is 2.30. The van der Waals surface area contributed by atoms with Gasteiger partial charge in [0.25, 0.3) is 0 Å². The summed E-state index contributed by atoms with van der Waals surface area (Å²) >= 11 is 0. The maximum Gasteiger partial charge on any atom is 0.312 e. The van der Waals surface area contributed by atoms with Gasteiger partial charge in [-0.05, 0) is 100 Å². The van der Waals surface area contributed by atoms with Crippen molar-refractivity contribution >= 4 is 68.8 Å². The summed E-state index contributed by atoms with van der Waals surface area (Å²) in [5, 5.41) is 19.6. The number of benzene rings is 2. The van der Waals surface area contributed by atoms with Crippen molar-refractivity contribution in [1.29, 1.82) is 0 Å². The molecule has 10 amide bonds. The molecule has 1 aliphatic rings. The van der Waals surface area contributed by atoms with Crippen LogP contribution in [0.5, 0.6) is 0 Å². The number of rotatable bonds is 38. The normalized spacial score (nSPS) is 15.9. The van der Waals surface area contributed by atoms with Gasteiger partial charge < -0.3 is 62.2 Å². The molecule has 3 aromatic rings. The Hall–Kier alpha value is -8.32. The third kappa shape index (κ3) is 25.6. The molecule has 0 radical (unpaired) electrons. The molecule has 97 heavy (non-hydrogen) atoms. The number of carbonyl (C=O) groups excluding carboxylic acids is 9. The molecule has 0 bridgehead atoms. The summed E-state index contributed by atoms with van der Waals surface area (Å²) in [6.45, 7) is 19.7. The largest absolute Gasteiger partial charge is 0.378 e. The number of hydrogen-bond donors (Lipinski definition) is 8. The van der Waals surface area contributed by atoms with E-state index in [1.54, 1.807) is 57.0 Å². The summed E-state index contributed by atoms with van der Waals surface area (Å²) in [6, 6.07) is 9.51. The lowest BCUT2D eigenvalue weighted by molar-refractivity contribution is -0.145. The van der Waals surface area contributed by atoms with Crippen molar-refractivity contribution in [2.75, 3.05) is 60.0 Å². The first-order valence-corrected chi connectivity index (χ1v) is 35.1. The highest BCUT2D eigenvalue weighted by molar-refractivity contribution is 7.90. The molecule has 0 aliphatic carbocycles. The van der Waals surface area contributed by atoms with Crippen molar-refractivity contribution in [3.8, 4) is 11.8 Å². The number of likely N-dealkylation sites (N-methyl/N-ethyl adjacent to an activating group) is 2. The van der Waals surface area contributed by atoms with Gasteiger partial charge in [-0.3, -0.25) is 43.3 Å². The van der Waals surface area contributed by atoms with E-state index in [0.717, 1.165) is 11.8 Å². The number of ether oxygens (including phenoxy) is 2. The third-order valence-corrected chi connectivity index (χ3v) is 18.0. The van der Waals surface area contributed by atoms with Crippen LogP contribution in [0.2, 0.25) is 0 Å². The second-order valence-electron chi connectivity index (χ2n) is 26.0. The molecule has 10 atom stereocenters. The van der Waals surface area contributed by atoms with Crippen LogP contribution in [-0.2, 0) is 70.6 Å². The topological polar surface area (TPSA) is 352 Å². The first kappa shape index (κ1) is 81.1. The van der Waals surface area contributed by atoms with Gasteiger partial charge in [0.2, 0.25) is 62.3 Å². The van der Waals surface area contributed by atoms with Crippen molar-refractivity contribution in [1.82, 2.24) is 56.6 Å². The van der Waals surface area contributed by atoms with Crippen LogP contribution in [-0.4, -0.2) is 196 Å². The van der Waals surface area contributed by atoms with Crippen LogP contribution in [0.1, 0.15) is 136 Å². The van der Waals surface area contributed by atoms with Crippen LogP contribution in [0.15, 0.2) is 84.3 Å². The van der Waals surface area contributed by atoms with E-state index in [4.69, 9.17) is 15.2 Å². The zero-order chi connectivity index (χ0) is 72.3. The van der Waals surface area contributed by atoms with Gasteiger partial charge in [-0.25, -0.2) is 23.2 Å². The Morgan fingerprint density at radius 1 is 0.732 bits per heavy atom. The molecule has 1 aliphatic heterocycles. The Morgan fingerprint density at radius 3 is 1.94 bits per heavy atom. The molecule has 9 N–H and O–H groups in total. The van der Waals surface area contributed by atoms with Gasteiger partial charge in [0.1, 0.15) is 24.2 Å². The maximum atomic E-state index is 14.6. The lowest BCUT2D eigenvalue weighted by atomic mass is 9.92. The number of unbranched alkanes of at least 4 members (excludes halogenated alkanes) is 2. The minimum atomic E-state index is -3.56. The SMILES string of the molecule is C=C(CC)[C@@H]([C@@H](CC(=O)N1CCC[C@H]1[C@H](OC)[C@@H](C)C(=O)N[C@@H](Cc1ccccc1)C(=O)NCc1ccc(NC(=O)[C@H](CCCCNC(N)=O)NC(=O)[C@@H](NC(=O)CCCC#Cc2cnc(S(C)(=O)=O)nc2)C(C)C)cc1)OC)N(C)C(=O)[C@@H](NC(=O)[C@H](C(C)C)N(C)C)C(C)C. The predicted molar refractivity (Wildman–Crippen MR) is 370 cm³/mol. The van der Waals surface area contributed by atoms with E-state index < -0.39 is 106 Å². The Balaban J connectivity index is 1.43. The maximum absolute atomic E-state index is 14.6. The molecule has 1 saturated heterocycles. The minimum Gasteiger partial charge on any atom is -0.378 e. The van der Waals surface area contributed by atoms with Crippen LogP contribution in [0.3, 0.4) is 0 Å². The number of likely N-dealkylation sites (tertiary alicyclic amines) is 1. The quantitative estimate of drug-likeness (QED) is 0.0170. The number of methoxy groups -OCH3 is 2. The number of hydrogen-bond acceptors (Lipinski definition) is 16. The van der Waals surface area contributed by atoms with E-state index in [1.807, 2.05) is 83.9 Å². The van der Waals surface area contributed by atoms with E-state index in [9.17, 15) is 51.6 Å². The van der Waals surface area contributed by atoms with Gasteiger partial charge in [0, 0.05) is 84.5 Å². The summed E-state index contributed by atoms with van der Waals surface area (Å²) in [7, 11) is 4.70. The average Bonchev–Trinajstić information content (AvgIpc) is 1.80. The number of primary amides is 1. The Bertz CT molecular complexity index is 3300. The second-order valence-corrected chi connectivity index (χ2v) is 27.9. The van der Waals surface area contributed by atoms with Crippen LogP contribution in [0.25, 0.3) is 0 Å². The highest BCUT2D eigenvalue weighted by atomic mass is 32.2. The lowest BCUT2D eigenvalue weighted by Crippen LogP contribution is -2.59. The van der Waals surface area contributed by atoms with E-state index in [0.29, 0.717) is 73.9 Å². The van der Waals surface area contributed by atoms with Crippen LogP contribution in [0, 0.1) is 35.5 Å². The lowest BCUT2D eigenvalue weighted by Gasteiger charge is -2.39. The van der Waals surface area contributed by atoms with E-state index in [2.05, 4.69) is 65.6 Å². The molecule has 2 heterocycles. The molecule has 2 aromatic carbocycles. The van der Waals surface area contributed by atoms with E-state index >= 15 is 0 Å². The summed E-state index contributed by atoms with van der Waals surface area (Å²) in [5.41, 5.74) is 8.13. The first-order chi connectivity index (χ1) is 45.8. The zero-order valence-corrected chi connectivity index (χ0v) is 59.8. The molecular formula is C70H105N13O13S. The summed E-state index contributed by atoms with van der Waals surface area (Å²) in [4.78, 5) is 136. The molecule has 1 fully saturated rings. The van der Waals surface area contributed by atoms with Crippen molar-refractivity contribution < 1.29 is 61.0 Å². The fourth-order valence-electron chi connectivity index (χ4n) is 11.8. The minimum absolute atomic E-state index is 0.0212. The number of urea groups is 1. The second kappa shape index (κ2) is 39.8. The zero-order valence-electron chi connectivity index (χ0n) is 59.0. The van der Waals surface area contributed by atoms with Crippen molar-refractivity contribution in [3.05, 3.63) is 95.8 Å². The molecule has 26 nitrogen and oxygen atoms in total. The molecule has 27 heteroatoms. The van der Waals surface area contributed by atoms with Gasteiger partial charge in [-0.15, -0.1) is 0 Å². The summed E-state index contributed by atoms with van der Waals surface area (Å²) < 4.78 is 35.4. The number of anilines is 1. The molecule has 534 valence electrons. The Kier molecular flexibility index (Phi) is 33.3. The molecule has 1 aromatic heterocycles. The van der Waals surface area contributed by atoms with Crippen molar-refractivity contribution in [2.45, 2.75) is 192 Å². The van der Waals surface area contributed by atoms with Gasteiger partial charge in [0.05, 0.1) is 48.2 Å².